The van der Waals surface area contributed by atoms with Crippen molar-refractivity contribution in [3.8, 4) is 11.5 Å². The first-order valence-corrected chi connectivity index (χ1v) is 9.82. The van der Waals surface area contributed by atoms with Gasteiger partial charge in [0.25, 0.3) is 5.22 Å². The van der Waals surface area contributed by atoms with Crippen LogP contribution in [0.5, 0.6) is 0 Å². The van der Waals surface area contributed by atoms with E-state index < -0.39 is 11.9 Å². The molecule has 1 fully saturated rings. The molecule has 144 valence electrons. The standard InChI is InChI=1S/C18H21FN4O3S/c1-11-4-2-3-5-14(11)20-17(25)21-15(24)10-27-18-23-22-16(26-18)12-6-8-13(19)9-7-12/h6-9,11,14H,2-5,10H2,1H3,(H2,20,21,24,25)/t11-,14+/m0/s1. The molecule has 1 aliphatic rings. The third-order valence-corrected chi connectivity index (χ3v) is 5.32. The van der Waals surface area contributed by atoms with Gasteiger partial charge in [-0.15, -0.1) is 10.2 Å². The van der Waals surface area contributed by atoms with E-state index in [0.717, 1.165) is 31.0 Å². The maximum absolute atomic E-state index is 12.9. The molecule has 0 radical (unpaired) electrons. The molecule has 0 spiro atoms. The van der Waals surface area contributed by atoms with Crippen molar-refractivity contribution in [1.29, 1.82) is 0 Å². The molecular weight excluding hydrogens is 371 g/mol. The van der Waals surface area contributed by atoms with E-state index in [2.05, 4.69) is 27.8 Å². The van der Waals surface area contributed by atoms with E-state index in [0.29, 0.717) is 11.5 Å². The lowest BCUT2D eigenvalue weighted by atomic mass is 9.86. The van der Waals surface area contributed by atoms with Gasteiger partial charge in [-0.25, -0.2) is 9.18 Å². The molecule has 1 aromatic heterocycles. The predicted octanol–water partition coefficient (Wildman–Crippen LogP) is 3.37. The summed E-state index contributed by atoms with van der Waals surface area (Å²) >= 11 is 1.03. The molecule has 1 aromatic carbocycles. The zero-order chi connectivity index (χ0) is 19.2. The second-order valence-corrected chi connectivity index (χ2v) is 7.49. The quantitative estimate of drug-likeness (QED) is 0.757. The van der Waals surface area contributed by atoms with Gasteiger partial charge in [0.05, 0.1) is 5.75 Å². The van der Waals surface area contributed by atoms with Crippen LogP contribution in [0.3, 0.4) is 0 Å². The Balaban J connectivity index is 1.45. The van der Waals surface area contributed by atoms with E-state index in [4.69, 9.17) is 4.42 Å². The number of nitrogens with one attached hydrogen (secondary N) is 2. The molecule has 0 saturated heterocycles. The molecule has 2 atom stereocenters. The fraction of sp³-hybridized carbons (Fsp3) is 0.444. The van der Waals surface area contributed by atoms with Crippen LogP contribution < -0.4 is 10.6 Å². The van der Waals surface area contributed by atoms with Gasteiger partial charge in [-0.1, -0.05) is 31.5 Å². The number of urea groups is 1. The third kappa shape index (κ3) is 5.53. The molecule has 1 saturated carbocycles. The van der Waals surface area contributed by atoms with Crippen molar-refractivity contribution in [2.45, 2.75) is 43.9 Å². The largest absolute Gasteiger partial charge is 0.411 e. The minimum absolute atomic E-state index is 0.0291. The van der Waals surface area contributed by atoms with Crippen LogP contribution >= 0.6 is 11.8 Å². The van der Waals surface area contributed by atoms with Gasteiger partial charge >= 0.3 is 6.03 Å². The molecule has 0 unspecified atom stereocenters. The number of imide groups is 1. The summed E-state index contributed by atoms with van der Waals surface area (Å²) in [5, 5.41) is 13.1. The van der Waals surface area contributed by atoms with E-state index >= 15 is 0 Å². The van der Waals surface area contributed by atoms with Crippen molar-refractivity contribution >= 4 is 23.7 Å². The highest BCUT2D eigenvalue weighted by Gasteiger charge is 2.23. The SMILES string of the molecule is C[C@H]1CCCC[C@H]1NC(=O)NC(=O)CSc1nnc(-c2ccc(F)cc2)o1. The van der Waals surface area contributed by atoms with E-state index in [1.165, 1.54) is 30.7 Å². The van der Waals surface area contributed by atoms with Crippen LogP contribution in [-0.4, -0.2) is 33.9 Å². The number of carbonyl (C=O) groups excluding carboxylic acids is 2. The van der Waals surface area contributed by atoms with Crippen molar-refractivity contribution in [3.63, 3.8) is 0 Å². The molecule has 0 bridgehead atoms. The second-order valence-electron chi connectivity index (χ2n) is 6.56. The van der Waals surface area contributed by atoms with Gasteiger partial charge in [0.15, 0.2) is 0 Å². The first-order valence-electron chi connectivity index (χ1n) is 8.84. The number of rotatable bonds is 5. The highest BCUT2D eigenvalue weighted by Crippen LogP contribution is 2.24. The first-order chi connectivity index (χ1) is 13.0. The van der Waals surface area contributed by atoms with Gasteiger partial charge in [0.2, 0.25) is 11.8 Å². The normalized spacial score (nSPS) is 19.5. The Morgan fingerprint density at radius 3 is 2.70 bits per heavy atom. The molecule has 3 rings (SSSR count). The fourth-order valence-corrected chi connectivity index (χ4v) is 3.57. The monoisotopic (exact) mass is 392 g/mol. The number of amides is 3. The van der Waals surface area contributed by atoms with Gasteiger partial charge < -0.3 is 9.73 Å². The molecule has 3 amide bonds. The summed E-state index contributed by atoms with van der Waals surface area (Å²) in [5.74, 6) is -0.175. The molecule has 27 heavy (non-hydrogen) atoms. The van der Waals surface area contributed by atoms with E-state index in [9.17, 15) is 14.0 Å². The van der Waals surface area contributed by atoms with Crippen molar-refractivity contribution in [1.82, 2.24) is 20.8 Å². The zero-order valence-electron chi connectivity index (χ0n) is 14.9. The van der Waals surface area contributed by atoms with Crippen LogP contribution in [0.15, 0.2) is 33.9 Å². The van der Waals surface area contributed by atoms with E-state index in [-0.39, 0.29) is 28.7 Å². The number of hydrogen-bond acceptors (Lipinski definition) is 6. The Morgan fingerprint density at radius 2 is 1.96 bits per heavy atom. The van der Waals surface area contributed by atoms with Crippen LogP contribution in [0.4, 0.5) is 9.18 Å². The van der Waals surface area contributed by atoms with Crippen LogP contribution in [0.2, 0.25) is 0 Å². The van der Waals surface area contributed by atoms with Gasteiger partial charge in [0, 0.05) is 11.6 Å². The third-order valence-electron chi connectivity index (χ3n) is 4.51. The van der Waals surface area contributed by atoms with Gasteiger partial charge in [0.1, 0.15) is 5.82 Å². The zero-order valence-corrected chi connectivity index (χ0v) is 15.7. The first kappa shape index (κ1) is 19.3. The molecule has 2 N–H and O–H groups in total. The lowest BCUT2D eigenvalue weighted by molar-refractivity contribution is -0.117. The maximum atomic E-state index is 12.9. The molecule has 0 aliphatic heterocycles. The predicted molar refractivity (Wildman–Crippen MR) is 98.5 cm³/mol. The summed E-state index contributed by atoms with van der Waals surface area (Å²) in [6, 6.07) is 5.28. The highest BCUT2D eigenvalue weighted by atomic mass is 32.2. The average molecular weight is 392 g/mol. The lowest BCUT2D eigenvalue weighted by Gasteiger charge is -2.29. The summed E-state index contributed by atoms with van der Waals surface area (Å²) in [6.07, 6.45) is 4.29. The number of carbonyl (C=O) groups is 2. The molecule has 7 nitrogen and oxygen atoms in total. The smallest absolute Gasteiger partial charge is 0.321 e. The average Bonchev–Trinajstić information content (AvgIpc) is 3.11. The van der Waals surface area contributed by atoms with Crippen molar-refractivity contribution in [3.05, 3.63) is 30.1 Å². The molecular formula is C18H21FN4O3S. The van der Waals surface area contributed by atoms with Crippen molar-refractivity contribution in [2.24, 2.45) is 5.92 Å². The van der Waals surface area contributed by atoms with Crippen LogP contribution in [0, 0.1) is 11.7 Å². The highest BCUT2D eigenvalue weighted by molar-refractivity contribution is 7.99. The van der Waals surface area contributed by atoms with E-state index in [1.807, 2.05) is 0 Å². The number of aromatic nitrogens is 2. The Kier molecular flexibility index (Phi) is 6.44. The molecule has 9 heteroatoms. The Labute approximate surface area is 160 Å². The summed E-state index contributed by atoms with van der Waals surface area (Å²) < 4.78 is 18.4. The summed E-state index contributed by atoms with van der Waals surface area (Å²) in [6.45, 7) is 2.11. The second kappa shape index (κ2) is 8.98. The number of thioether (sulfide) groups is 1. The van der Waals surface area contributed by atoms with Gasteiger partial charge in [-0.05, 0) is 43.0 Å². The van der Waals surface area contributed by atoms with Crippen molar-refractivity contribution < 1.29 is 18.4 Å². The van der Waals surface area contributed by atoms with Gasteiger partial charge in [-0.2, -0.15) is 0 Å². The van der Waals surface area contributed by atoms with Crippen LogP contribution in [0.25, 0.3) is 11.5 Å². The number of halogens is 1. The van der Waals surface area contributed by atoms with E-state index in [1.54, 1.807) is 0 Å². The number of nitrogens with zero attached hydrogens (tertiary/aromatic N) is 2. The fourth-order valence-electron chi connectivity index (χ4n) is 3.00. The summed E-state index contributed by atoms with van der Waals surface area (Å²) in [5.41, 5.74) is 0.584. The summed E-state index contributed by atoms with van der Waals surface area (Å²) in [4.78, 5) is 23.9. The topological polar surface area (TPSA) is 97.1 Å². The van der Waals surface area contributed by atoms with Crippen LogP contribution in [0.1, 0.15) is 32.6 Å². The lowest BCUT2D eigenvalue weighted by Crippen LogP contribution is -2.48. The molecule has 1 heterocycles. The number of hydrogen-bond donors (Lipinski definition) is 2. The minimum atomic E-state index is -0.475. The minimum Gasteiger partial charge on any atom is -0.411 e. The Bertz CT molecular complexity index is 796. The molecule has 2 aromatic rings. The van der Waals surface area contributed by atoms with Crippen LogP contribution in [-0.2, 0) is 4.79 Å². The Hall–Kier alpha value is -2.42. The molecule has 1 aliphatic carbocycles. The maximum Gasteiger partial charge on any atom is 0.321 e. The van der Waals surface area contributed by atoms with Crippen molar-refractivity contribution in [2.75, 3.05) is 5.75 Å². The number of benzene rings is 1. The van der Waals surface area contributed by atoms with Gasteiger partial charge in [-0.3, -0.25) is 10.1 Å². The summed E-state index contributed by atoms with van der Waals surface area (Å²) in [7, 11) is 0. The Morgan fingerprint density at radius 1 is 1.22 bits per heavy atom.